The lowest BCUT2D eigenvalue weighted by molar-refractivity contribution is -0.318. The molecule has 1 fully saturated rings. The molecule has 0 aromatic heterocycles. The van der Waals surface area contributed by atoms with Crippen molar-refractivity contribution in [2.45, 2.75) is 104 Å². The molecule has 0 amide bonds. The number of fused-ring (bicyclic) bond motifs is 4. The molecule has 4 aliphatic rings. The van der Waals surface area contributed by atoms with Crippen LogP contribution in [0.3, 0.4) is 0 Å². The minimum Gasteiger partial charge on any atom is -0.446 e. The zero-order valence-electron chi connectivity index (χ0n) is 27.9. The number of ketones is 2. The lowest BCUT2D eigenvalue weighted by atomic mass is 9.53. The molecular weight excluding hydrogens is 623 g/mol. The number of rotatable bonds is 10. The fourth-order valence-electron chi connectivity index (χ4n) is 8.01. The number of allylic oxidation sites excluding steroid dienone is 6. The summed E-state index contributed by atoms with van der Waals surface area (Å²) >= 11 is 0. The molecule has 0 N–H and O–H groups in total. The lowest BCUT2D eigenvalue weighted by Gasteiger charge is -2.53. The second kappa shape index (κ2) is 12.9. The molecule has 10 nitrogen and oxygen atoms in total. The fourth-order valence-corrected chi connectivity index (χ4v) is 8.01. The Morgan fingerprint density at radius 2 is 1.48 bits per heavy atom. The van der Waals surface area contributed by atoms with Crippen LogP contribution in [0.5, 0.6) is 0 Å². The van der Waals surface area contributed by atoms with E-state index in [1.54, 1.807) is 37.3 Å². The molecule has 48 heavy (non-hydrogen) atoms. The van der Waals surface area contributed by atoms with Crippen LogP contribution in [0.4, 0.5) is 4.39 Å². The van der Waals surface area contributed by atoms with Gasteiger partial charge in [0.2, 0.25) is 0 Å². The monoisotopic (exact) mass is 664 g/mol. The topological polar surface area (TPSA) is 139 Å². The van der Waals surface area contributed by atoms with Crippen molar-refractivity contribution in [2.24, 2.45) is 16.7 Å². The normalized spacial score (nSPS) is 29.1. The Bertz CT molecular complexity index is 1590. The van der Waals surface area contributed by atoms with Crippen LogP contribution in [-0.2, 0) is 42.9 Å². The Balaban J connectivity index is 1.72. The highest BCUT2D eigenvalue weighted by atomic mass is 19.1. The molecule has 1 unspecified atom stereocenters. The minimum absolute atomic E-state index is 0.0912. The number of carbonyl (C=O) groups is 6. The molecule has 0 heterocycles. The van der Waals surface area contributed by atoms with Gasteiger partial charge in [0, 0.05) is 30.1 Å². The Kier molecular flexibility index (Phi) is 9.38. The van der Waals surface area contributed by atoms with Crippen molar-refractivity contribution in [2.75, 3.05) is 0 Å². The van der Waals surface area contributed by atoms with E-state index in [1.165, 1.54) is 39.0 Å². The average Bonchev–Trinajstić information content (AvgIpc) is 3.35. The van der Waals surface area contributed by atoms with Crippen molar-refractivity contribution in [1.29, 1.82) is 0 Å². The van der Waals surface area contributed by atoms with E-state index in [0.29, 0.717) is 18.4 Å². The van der Waals surface area contributed by atoms with E-state index in [-0.39, 0.29) is 49.9 Å². The van der Waals surface area contributed by atoms with Gasteiger partial charge in [0.1, 0.15) is 6.17 Å². The maximum absolute atomic E-state index is 17.0. The van der Waals surface area contributed by atoms with Crippen LogP contribution in [0.25, 0.3) is 0 Å². The molecule has 1 saturated carbocycles. The quantitative estimate of drug-likeness (QED) is 0.167. The van der Waals surface area contributed by atoms with Gasteiger partial charge in [0.25, 0.3) is 0 Å². The van der Waals surface area contributed by atoms with E-state index < -0.39 is 64.2 Å². The van der Waals surface area contributed by atoms with Crippen molar-refractivity contribution in [1.82, 2.24) is 0 Å². The summed E-state index contributed by atoms with van der Waals surface area (Å²) in [4.78, 5) is 80.0. The largest absolute Gasteiger partial charge is 0.493 e. The first-order valence-electron chi connectivity index (χ1n) is 16.5. The molecule has 4 aliphatic carbocycles. The number of halogens is 1. The van der Waals surface area contributed by atoms with E-state index in [9.17, 15) is 24.0 Å². The van der Waals surface area contributed by atoms with Crippen molar-refractivity contribution in [3.63, 3.8) is 0 Å². The van der Waals surface area contributed by atoms with Gasteiger partial charge in [0.15, 0.2) is 11.4 Å². The molecule has 1 aromatic rings. The smallest absolute Gasteiger partial charge is 0.446 e. The van der Waals surface area contributed by atoms with Crippen molar-refractivity contribution in [3.05, 3.63) is 70.8 Å². The van der Waals surface area contributed by atoms with Gasteiger partial charge < -0.3 is 18.9 Å². The molecule has 1 aromatic carbocycles. The molecule has 0 saturated heterocycles. The summed E-state index contributed by atoms with van der Waals surface area (Å²) in [5, 5.41) is 0. The summed E-state index contributed by atoms with van der Waals surface area (Å²) in [5.74, 6) is -9.24. The zero-order valence-corrected chi connectivity index (χ0v) is 27.9. The number of benzene rings is 1. The SMILES string of the molecule is CCC(=O)OC(OC(=O)CC)(OC(=O)CC)C(=O)[C@@]1(OC(=O)c2ccccc2)CC[C@H]2C3=C(C(F)C[C@@]21C)[C@@]1(C)C=CC(=O)C=C1CC3. The first kappa shape index (κ1) is 34.9. The molecule has 0 bridgehead atoms. The van der Waals surface area contributed by atoms with Gasteiger partial charge >= 0.3 is 35.6 Å². The highest BCUT2D eigenvalue weighted by molar-refractivity contribution is 6.02. The number of Topliss-reactive ketones (excluding diaryl/α,β-unsaturated/α-hetero) is 1. The predicted molar refractivity (Wildman–Crippen MR) is 168 cm³/mol. The van der Waals surface area contributed by atoms with Gasteiger partial charge in [0.05, 0.1) is 5.56 Å². The van der Waals surface area contributed by atoms with E-state index in [2.05, 4.69) is 0 Å². The second-order valence-electron chi connectivity index (χ2n) is 13.2. The zero-order chi connectivity index (χ0) is 35.1. The average molecular weight is 665 g/mol. The molecule has 5 rings (SSSR count). The molecule has 256 valence electrons. The Morgan fingerprint density at radius 3 is 2.04 bits per heavy atom. The van der Waals surface area contributed by atoms with Gasteiger partial charge in [-0.15, -0.1) is 0 Å². The van der Waals surface area contributed by atoms with Gasteiger partial charge in [-0.05, 0) is 74.8 Å². The summed E-state index contributed by atoms with van der Waals surface area (Å²) in [6, 6.07) is 7.88. The Hall–Kier alpha value is -4.41. The summed E-state index contributed by atoms with van der Waals surface area (Å²) < 4.78 is 39.5. The fraction of sp³-hybridized carbons (Fsp3) is 0.514. The third-order valence-electron chi connectivity index (χ3n) is 10.5. The van der Waals surface area contributed by atoms with Crippen LogP contribution >= 0.6 is 0 Å². The van der Waals surface area contributed by atoms with Crippen molar-refractivity contribution < 1.29 is 52.1 Å². The lowest BCUT2D eigenvalue weighted by Crippen LogP contribution is -2.66. The Labute approximate surface area is 278 Å². The van der Waals surface area contributed by atoms with Crippen LogP contribution in [0.15, 0.2) is 65.3 Å². The van der Waals surface area contributed by atoms with E-state index in [4.69, 9.17) is 18.9 Å². The maximum Gasteiger partial charge on any atom is 0.493 e. The van der Waals surface area contributed by atoms with Crippen molar-refractivity contribution in [3.8, 4) is 0 Å². The van der Waals surface area contributed by atoms with Crippen LogP contribution in [0.2, 0.25) is 0 Å². The third-order valence-corrected chi connectivity index (χ3v) is 10.5. The molecule has 0 aliphatic heterocycles. The van der Waals surface area contributed by atoms with Crippen LogP contribution in [0.1, 0.15) is 96.3 Å². The predicted octanol–water partition coefficient (Wildman–Crippen LogP) is 5.98. The molecule has 0 radical (unpaired) electrons. The molecular formula is C37H41FO10. The Morgan fingerprint density at radius 1 is 0.896 bits per heavy atom. The standard InChI is InChI=1S/C37H41FO10/c1-6-28(40)45-37(46-29(41)7-2,47-30(42)8-3)33(44)36(48-32(43)22-12-10-9-11-13-22)19-17-26-25-15-14-23-20-24(39)16-18-34(23,4)31(25)27(38)21-35(26,36)5/h9-13,16,18,20,26-27H,6-8,14-15,17,19,21H2,1-5H3/t26-,27?,34-,35-,36-/m0/s1. The summed E-state index contributed by atoms with van der Waals surface area (Å²) in [7, 11) is 0. The third kappa shape index (κ3) is 5.60. The van der Waals surface area contributed by atoms with Gasteiger partial charge in [-0.3, -0.25) is 24.0 Å². The second-order valence-corrected chi connectivity index (χ2v) is 13.2. The maximum atomic E-state index is 17.0. The molecule has 0 spiro atoms. The molecule has 5 atom stereocenters. The number of hydrogen-bond donors (Lipinski definition) is 0. The van der Waals surface area contributed by atoms with Crippen LogP contribution in [0, 0.1) is 16.7 Å². The molecule has 11 heteroatoms. The summed E-state index contributed by atoms with van der Waals surface area (Å²) in [6.07, 6.45) is 2.85. The number of alkyl halides is 1. The number of carbonyl (C=O) groups excluding carboxylic acids is 6. The number of esters is 4. The van der Waals surface area contributed by atoms with Gasteiger partial charge in [-0.25, -0.2) is 9.18 Å². The van der Waals surface area contributed by atoms with E-state index in [1.807, 2.05) is 6.92 Å². The summed E-state index contributed by atoms with van der Waals surface area (Å²) in [6.45, 7) is 7.81. The number of ether oxygens (including phenoxy) is 4. The summed E-state index contributed by atoms with van der Waals surface area (Å²) in [5.41, 5.74) is -2.47. The van der Waals surface area contributed by atoms with E-state index in [0.717, 1.165) is 11.1 Å². The highest BCUT2D eigenvalue weighted by Gasteiger charge is 2.74. The minimum atomic E-state index is -3.25. The van der Waals surface area contributed by atoms with Crippen LogP contribution < -0.4 is 0 Å². The van der Waals surface area contributed by atoms with E-state index >= 15 is 9.18 Å². The highest BCUT2D eigenvalue weighted by Crippen LogP contribution is 2.67. The van der Waals surface area contributed by atoms with Gasteiger partial charge in [-0.2, -0.15) is 0 Å². The van der Waals surface area contributed by atoms with Crippen LogP contribution in [-0.4, -0.2) is 53.2 Å². The van der Waals surface area contributed by atoms with Crippen molar-refractivity contribution >= 4 is 35.4 Å². The first-order valence-corrected chi connectivity index (χ1v) is 16.5. The van der Waals surface area contributed by atoms with Gasteiger partial charge in [-0.1, -0.05) is 63.1 Å². The first-order chi connectivity index (χ1) is 22.7. The number of hydrogen-bond acceptors (Lipinski definition) is 10.